The van der Waals surface area contributed by atoms with Gasteiger partial charge in [0, 0.05) is 24.2 Å². The monoisotopic (exact) mass is 322 g/mol. The summed E-state index contributed by atoms with van der Waals surface area (Å²) in [6, 6.07) is 7.30. The number of hydrogen-bond acceptors (Lipinski definition) is 4. The molecular weight excluding hydrogens is 307 g/mol. The first-order chi connectivity index (χ1) is 10.2. The van der Waals surface area contributed by atoms with E-state index in [1.54, 1.807) is 18.5 Å². The second-order valence-corrected chi connectivity index (χ2v) is 5.90. The highest BCUT2D eigenvalue weighted by Crippen LogP contribution is 2.28. The first-order valence-electron chi connectivity index (χ1n) is 7.01. The summed E-state index contributed by atoms with van der Waals surface area (Å²) in [5.41, 5.74) is 0.782. The Labute approximate surface area is 134 Å². The van der Waals surface area contributed by atoms with E-state index in [-0.39, 0.29) is 0 Å². The Balaban J connectivity index is 1.79. The highest BCUT2D eigenvalue weighted by molar-refractivity contribution is 6.36. The van der Waals surface area contributed by atoms with Crippen LogP contribution in [0.1, 0.15) is 19.3 Å². The summed E-state index contributed by atoms with van der Waals surface area (Å²) in [5.74, 6) is 1.69. The van der Waals surface area contributed by atoms with Crippen molar-refractivity contribution in [2.75, 3.05) is 23.3 Å². The maximum absolute atomic E-state index is 6.17. The molecule has 2 aromatic rings. The molecule has 0 atom stereocenters. The van der Waals surface area contributed by atoms with Crippen molar-refractivity contribution in [3.05, 3.63) is 40.6 Å². The van der Waals surface area contributed by atoms with Crippen molar-refractivity contribution in [1.82, 2.24) is 9.97 Å². The molecule has 21 heavy (non-hydrogen) atoms. The molecular formula is C15H16Cl2N4. The van der Waals surface area contributed by atoms with Gasteiger partial charge in [-0.25, -0.2) is 9.97 Å². The molecule has 6 heteroatoms. The molecule has 1 N–H and O–H groups in total. The van der Waals surface area contributed by atoms with Gasteiger partial charge in [-0.05, 0) is 37.5 Å². The number of nitrogens with zero attached hydrogens (tertiary/aromatic N) is 3. The smallest absolute Gasteiger partial charge is 0.135 e. The molecule has 0 unspecified atom stereocenters. The largest absolute Gasteiger partial charge is 0.356 e. The number of halogens is 2. The van der Waals surface area contributed by atoms with E-state index in [4.69, 9.17) is 23.2 Å². The molecule has 1 aromatic heterocycles. The molecule has 3 rings (SSSR count). The van der Waals surface area contributed by atoms with E-state index < -0.39 is 0 Å². The molecule has 0 aliphatic carbocycles. The average molecular weight is 323 g/mol. The van der Waals surface area contributed by atoms with Gasteiger partial charge in [-0.3, -0.25) is 0 Å². The summed E-state index contributed by atoms with van der Waals surface area (Å²) in [6.45, 7) is 2.11. The quantitative estimate of drug-likeness (QED) is 0.902. The number of piperidine rings is 1. The third kappa shape index (κ3) is 3.57. The Hall–Kier alpha value is -1.52. The molecule has 4 nitrogen and oxygen atoms in total. The summed E-state index contributed by atoms with van der Waals surface area (Å²) >= 11 is 12.1. The summed E-state index contributed by atoms with van der Waals surface area (Å²) in [7, 11) is 0. The van der Waals surface area contributed by atoms with E-state index in [1.165, 1.54) is 19.3 Å². The standard InChI is InChI=1S/C15H16Cl2N4/c16-11-4-5-13(12(17)8-11)20-14-9-15(19-10-18-14)21-6-2-1-3-7-21/h4-5,8-10H,1-3,6-7H2,(H,18,19,20). The zero-order valence-electron chi connectivity index (χ0n) is 11.5. The number of anilines is 3. The molecule has 1 aliphatic rings. The fraction of sp³-hybridized carbons (Fsp3) is 0.333. The number of benzene rings is 1. The average Bonchev–Trinajstić information content (AvgIpc) is 2.51. The van der Waals surface area contributed by atoms with Gasteiger partial charge in [0.25, 0.3) is 0 Å². The lowest BCUT2D eigenvalue weighted by Crippen LogP contribution is -2.30. The SMILES string of the molecule is Clc1ccc(Nc2cc(N3CCCCC3)ncn2)c(Cl)c1. The van der Waals surface area contributed by atoms with Crippen LogP contribution in [0, 0.1) is 0 Å². The van der Waals surface area contributed by atoms with Crippen LogP contribution in [-0.2, 0) is 0 Å². The molecule has 0 radical (unpaired) electrons. The number of rotatable bonds is 3. The minimum atomic E-state index is 0.570. The summed E-state index contributed by atoms with van der Waals surface area (Å²) in [5, 5.41) is 4.39. The van der Waals surface area contributed by atoms with Gasteiger partial charge in [-0.2, -0.15) is 0 Å². The van der Waals surface area contributed by atoms with E-state index >= 15 is 0 Å². The predicted molar refractivity (Wildman–Crippen MR) is 87.8 cm³/mol. The van der Waals surface area contributed by atoms with E-state index in [1.807, 2.05) is 12.1 Å². The highest BCUT2D eigenvalue weighted by Gasteiger charge is 2.13. The van der Waals surface area contributed by atoms with Crippen LogP contribution in [0.2, 0.25) is 10.0 Å². The molecule has 1 saturated heterocycles. The van der Waals surface area contributed by atoms with Gasteiger partial charge in [0.15, 0.2) is 0 Å². The molecule has 1 aromatic carbocycles. The minimum absolute atomic E-state index is 0.570. The Morgan fingerprint density at radius 3 is 2.57 bits per heavy atom. The molecule has 1 aliphatic heterocycles. The lowest BCUT2D eigenvalue weighted by Gasteiger charge is -2.27. The number of nitrogens with one attached hydrogen (secondary N) is 1. The molecule has 1 fully saturated rings. The second-order valence-electron chi connectivity index (χ2n) is 5.06. The summed E-state index contributed by atoms with van der Waals surface area (Å²) in [6.07, 6.45) is 5.31. The lowest BCUT2D eigenvalue weighted by atomic mass is 10.1. The Morgan fingerprint density at radius 1 is 1.00 bits per heavy atom. The first kappa shape index (κ1) is 14.4. The molecule has 0 spiro atoms. The van der Waals surface area contributed by atoms with E-state index in [0.717, 1.165) is 30.4 Å². The van der Waals surface area contributed by atoms with Gasteiger partial charge in [-0.1, -0.05) is 23.2 Å². The maximum Gasteiger partial charge on any atom is 0.135 e. The van der Waals surface area contributed by atoms with Crippen molar-refractivity contribution in [3.8, 4) is 0 Å². The summed E-state index contributed by atoms with van der Waals surface area (Å²) in [4.78, 5) is 10.9. The summed E-state index contributed by atoms with van der Waals surface area (Å²) < 4.78 is 0. The van der Waals surface area contributed by atoms with Crippen LogP contribution in [0.3, 0.4) is 0 Å². The highest BCUT2D eigenvalue weighted by atomic mass is 35.5. The fourth-order valence-electron chi connectivity index (χ4n) is 2.44. The first-order valence-corrected chi connectivity index (χ1v) is 7.77. The predicted octanol–water partition coefficient (Wildman–Crippen LogP) is 4.52. The van der Waals surface area contributed by atoms with Gasteiger partial charge >= 0.3 is 0 Å². The topological polar surface area (TPSA) is 41.0 Å². The normalized spacial score (nSPS) is 15.0. The zero-order chi connectivity index (χ0) is 14.7. The van der Waals surface area contributed by atoms with E-state index in [9.17, 15) is 0 Å². The van der Waals surface area contributed by atoms with Crippen LogP contribution in [0.4, 0.5) is 17.3 Å². The van der Waals surface area contributed by atoms with Crippen LogP contribution in [0.25, 0.3) is 0 Å². The molecule has 0 amide bonds. The van der Waals surface area contributed by atoms with Gasteiger partial charge < -0.3 is 10.2 Å². The van der Waals surface area contributed by atoms with Crippen molar-refractivity contribution in [3.63, 3.8) is 0 Å². The minimum Gasteiger partial charge on any atom is -0.356 e. The lowest BCUT2D eigenvalue weighted by molar-refractivity contribution is 0.573. The second kappa shape index (κ2) is 6.50. The third-order valence-electron chi connectivity index (χ3n) is 3.53. The molecule has 2 heterocycles. The van der Waals surface area contributed by atoms with Crippen molar-refractivity contribution >= 4 is 40.5 Å². The van der Waals surface area contributed by atoms with Crippen molar-refractivity contribution in [2.45, 2.75) is 19.3 Å². The Kier molecular flexibility index (Phi) is 4.46. The van der Waals surface area contributed by atoms with Crippen LogP contribution < -0.4 is 10.2 Å². The van der Waals surface area contributed by atoms with Crippen molar-refractivity contribution in [2.24, 2.45) is 0 Å². The zero-order valence-corrected chi connectivity index (χ0v) is 13.0. The molecule has 0 saturated carbocycles. The van der Waals surface area contributed by atoms with Crippen molar-refractivity contribution in [1.29, 1.82) is 0 Å². The van der Waals surface area contributed by atoms with Gasteiger partial charge in [0.05, 0.1) is 10.7 Å². The molecule has 110 valence electrons. The van der Waals surface area contributed by atoms with Gasteiger partial charge in [0.2, 0.25) is 0 Å². The van der Waals surface area contributed by atoms with Gasteiger partial charge in [-0.15, -0.1) is 0 Å². The van der Waals surface area contributed by atoms with Crippen LogP contribution in [-0.4, -0.2) is 23.1 Å². The maximum atomic E-state index is 6.17. The van der Waals surface area contributed by atoms with E-state index in [2.05, 4.69) is 20.2 Å². The Bertz CT molecular complexity index is 627. The number of hydrogen-bond donors (Lipinski definition) is 1. The van der Waals surface area contributed by atoms with Crippen LogP contribution >= 0.6 is 23.2 Å². The van der Waals surface area contributed by atoms with Gasteiger partial charge in [0.1, 0.15) is 18.0 Å². The Morgan fingerprint density at radius 2 is 1.81 bits per heavy atom. The van der Waals surface area contributed by atoms with E-state index in [0.29, 0.717) is 10.0 Å². The molecule has 0 bridgehead atoms. The van der Waals surface area contributed by atoms with Crippen LogP contribution in [0.15, 0.2) is 30.6 Å². The fourth-order valence-corrected chi connectivity index (χ4v) is 2.90. The van der Waals surface area contributed by atoms with Crippen molar-refractivity contribution < 1.29 is 0 Å². The third-order valence-corrected chi connectivity index (χ3v) is 4.07. The van der Waals surface area contributed by atoms with Crippen LogP contribution in [0.5, 0.6) is 0 Å². The number of aromatic nitrogens is 2.